The highest BCUT2D eigenvalue weighted by Crippen LogP contribution is 2.26. The zero-order valence-corrected chi connectivity index (χ0v) is 12.1. The molecule has 0 unspecified atom stereocenters. The topological polar surface area (TPSA) is 62.6 Å². The monoisotopic (exact) mass is 253 g/mol. The molecule has 1 rings (SSSR count). The van der Waals surface area contributed by atoms with Crippen molar-refractivity contribution in [3.05, 3.63) is 24.0 Å². The zero-order valence-electron chi connectivity index (χ0n) is 11.1. The molecule has 1 aromatic heterocycles. The van der Waals surface area contributed by atoms with Gasteiger partial charge in [0.15, 0.2) is 8.32 Å². The Balaban J connectivity index is 2.92. The van der Waals surface area contributed by atoms with Crippen molar-refractivity contribution in [2.45, 2.75) is 39.1 Å². The first-order valence-corrected chi connectivity index (χ1v) is 9.05. The number of aromatic nitrogens is 1. The van der Waals surface area contributed by atoms with Crippen LogP contribution in [0.4, 0.5) is 0 Å². The average molecular weight is 253 g/mol. The number of rotatable bonds is 4. The summed E-state index contributed by atoms with van der Waals surface area (Å²) in [7, 11) is -3.12. The molecule has 4 nitrogen and oxygen atoms in total. The first kappa shape index (κ1) is 14.4. The lowest BCUT2D eigenvalue weighted by atomic mass is 9.81. The van der Waals surface area contributed by atoms with Gasteiger partial charge in [-0.05, 0) is 39.6 Å². The van der Waals surface area contributed by atoms with Crippen LogP contribution >= 0.6 is 0 Å². The Bertz CT molecular complexity index is 373. The molecule has 0 atom stereocenters. The third-order valence-corrected chi connectivity index (χ3v) is 3.39. The molecule has 0 aliphatic heterocycles. The molecule has 0 spiro atoms. The predicted molar refractivity (Wildman–Crippen MR) is 71.5 cm³/mol. The van der Waals surface area contributed by atoms with E-state index in [2.05, 4.69) is 24.6 Å². The Kier molecular flexibility index (Phi) is 4.14. The van der Waals surface area contributed by atoms with Gasteiger partial charge in [-0.25, -0.2) is 0 Å². The summed E-state index contributed by atoms with van der Waals surface area (Å²) in [4.78, 5) is 4.23. The maximum absolute atomic E-state index is 9.00. The molecule has 0 aromatic carbocycles. The quantitative estimate of drug-likeness (QED) is 0.781. The van der Waals surface area contributed by atoms with E-state index in [1.807, 2.05) is 13.8 Å². The highest BCUT2D eigenvalue weighted by molar-refractivity contribution is 6.69. The fourth-order valence-corrected chi connectivity index (χ4v) is 3.37. The summed E-state index contributed by atoms with van der Waals surface area (Å²) in [6.45, 7) is 10.3. The molecule has 2 N–H and O–H groups in total. The van der Waals surface area contributed by atoms with Crippen LogP contribution in [0.3, 0.4) is 0 Å². The largest absolute Gasteiger partial charge is 0.490 e. The molecule has 0 aliphatic rings. The molecule has 1 aromatic rings. The van der Waals surface area contributed by atoms with Crippen molar-refractivity contribution < 1.29 is 14.5 Å². The molecule has 6 heteroatoms. The molecular formula is C11H20BNO3Si. The molecule has 0 saturated carbocycles. The van der Waals surface area contributed by atoms with Crippen LogP contribution in [0.2, 0.25) is 19.6 Å². The van der Waals surface area contributed by atoms with Crippen LogP contribution < -0.4 is 5.46 Å². The van der Waals surface area contributed by atoms with Gasteiger partial charge in [0.05, 0.1) is 11.3 Å². The van der Waals surface area contributed by atoms with Crippen LogP contribution in [-0.2, 0) is 10.0 Å². The summed E-state index contributed by atoms with van der Waals surface area (Å²) < 4.78 is 6.06. The van der Waals surface area contributed by atoms with Crippen molar-refractivity contribution >= 4 is 20.9 Å². The van der Waals surface area contributed by atoms with Gasteiger partial charge >= 0.3 is 7.12 Å². The molecule has 94 valence electrons. The fourth-order valence-electron chi connectivity index (χ4n) is 1.73. The van der Waals surface area contributed by atoms with Crippen LogP contribution in [0.15, 0.2) is 18.3 Å². The van der Waals surface area contributed by atoms with Crippen LogP contribution in [0.5, 0.6) is 0 Å². The van der Waals surface area contributed by atoms with E-state index in [-0.39, 0.29) is 0 Å². The van der Waals surface area contributed by atoms with Gasteiger partial charge in [0.2, 0.25) is 0 Å². The van der Waals surface area contributed by atoms with Crippen molar-refractivity contribution in [2.75, 3.05) is 0 Å². The molecule has 0 saturated heterocycles. The highest BCUT2D eigenvalue weighted by Gasteiger charge is 2.30. The van der Waals surface area contributed by atoms with Gasteiger partial charge in [-0.1, -0.05) is 6.07 Å². The third kappa shape index (κ3) is 4.24. The standard InChI is InChI=1S/C11H20BNO3Si/c1-11(2,16-17(3,4)5)10-7-6-9(8-13-10)12(14)15/h6-8,14-15H,1-5H3. The van der Waals surface area contributed by atoms with Crippen LogP contribution in [-0.4, -0.2) is 30.5 Å². The molecule has 0 fully saturated rings. The van der Waals surface area contributed by atoms with Crippen molar-refractivity contribution in [1.82, 2.24) is 4.98 Å². The van der Waals surface area contributed by atoms with Crippen molar-refractivity contribution in [3.63, 3.8) is 0 Å². The van der Waals surface area contributed by atoms with E-state index in [0.29, 0.717) is 5.46 Å². The van der Waals surface area contributed by atoms with E-state index in [1.165, 1.54) is 6.20 Å². The number of pyridine rings is 1. The minimum atomic E-state index is -1.65. The lowest BCUT2D eigenvalue weighted by Gasteiger charge is -2.32. The fraction of sp³-hybridized carbons (Fsp3) is 0.545. The van der Waals surface area contributed by atoms with Crippen LogP contribution in [0.25, 0.3) is 0 Å². The summed E-state index contributed by atoms with van der Waals surface area (Å²) >= 11 is 0. The smallest absolute Gasteiger partial charge is 0.423 e. The molecule has 0 amide bonds. The van der Waals surface area contributed by atoms with Gasteiger partial charge in [-0.3, -0.25) is 4.98 Å². The summed E-state index contributed by atoms with van der Waals surface area (Å²) in [6, 6.07) is 3.43. The Morgan fingerprint density at radius 1 is 1.24 bits per heavy atom. The Morgan fingerprint density at radius 3 is 2.18 bits per heavy atom. The van der Waals surface area contributed by atoms with E-state index in [4.69, 9.17) is 14.5 Å². The molecule has 0 bridgehead atoms. The van der Waals surface area contributed by atoms with Gasteiger partial charge in [0.1, 0.15) is 0 Å². The van der Waals surface area contributed by atoms with E-state index in [0.717, 1.165) is 5.69 Å². The molecule has 17 heavy (non-hydrogen) atoms. The molecule has 1 heterocycles. The van der Waals surface area contributed by atoms with Gasteiger partial charge in [-0.2, -0.15) is 0 Å². The lowest BCUT2D eigenvalue weighted by Crippen LogP contribution is -2.38. The predicted octanol–water partition coefficient (Wildman–Crippen LogP) is 0.848. The lowest BCUT2D eigenvalue weighted by molar-refractivity contribution is 0.0952. The van der Waals surface area contributed by atoms with Gasteiger partial charge in [0, 0.05) is 11.7 Å². The Labute approximate surface area is 104 Å². The maximum Gasteiger partial charge on any atom is 0.490 e. The SMILES string of the molecule is CC(C)(O[Si](C)(C)C)c1ccc(B(O)O)cn1. The van der Waals surface area contributed by atoms with E-state index < -0.39 is 21.0 Å². The van der Waals surface area contributed by atoms with E-state index in [9.17, 15) is 0 Å². The molecular weight excluding hydrogens is 233 g/mol. The number of hydrogen-bond acceptors (Lipinski definition) is 4. The van der Waals surface area contributed by atoms with Crippen molar-refractivity contribution in [2.24, 2.45) is 0 Å². The second-order valence-corrected chi connectivity index (χ2v) is 10.0. The van der Waals surface area contributed by atoms with Crippen LogP contribution in [0.1, 0.15) is 19.5 Å². The normalized spacial score (nSPS) is 12.6. The highest BCUT2D eigenvalue weighted by atomic mass is 28.4. The minimum absolute atomic E-state index is 0.387. The Morgan fingerprint density at radius 2 is 1.82 bits per heavy atom. The maximum atomic E-state index is 9.00. The van der Waals surface area contributed by atoms with Crippen molar-refractivity contribution in [3.8, 4) is 0 Å². The van der Waals surface area contributed by atoms with Crippen LogP contribution in [0, 0.1) is 0 Å². The summed E-state index contributed by atoms with van der Waals surface area (Å²) in [5, 5.41) is 18.0. The third-order valence-electron chi connectivity index (χ3n) is 2.26. The average Bonchev–Trinajstić information content (AvgIpc) is 2.14. The summed E-state index contributed by atoms with van der Waals surface area (Å²) in [6.07, 6.45) is 1.47. The summed E-state index contributed by atoms with van der Waals surface area (Å²) in [5.74, 6) is 0. The Hall–Kier alpha value is -0.688. The first-order valence-electron chi connectivity index (χ1n) is 5.64. The minimum Gasteiger partial charge on any atom is -0.423 e. The summed E-state index contributed by atoms with van der Waals surface area (Å²) in [5.41, 5.74) is 0.727. The second-order valence-electron chi connectivity index (χ2n) is 5.58. The number of hydrogen-bond donors (Lipinski definition) is 2. The second kappa shape index (κ2) is 4.90. The van der Waals surface area contributed by atoms with Gasteiger partial charge in [0.25, 0.3) is 0 Å². The van der Waals surface area contributed by atoms with E-state index >= 15 is 0 Å². The molecule has 0 aliphatic carbocycles. The number of nitrogens with zero attached hydrogens (tertiary/aromatic N) is 1. The molecule has 0 radical (unpaired) electrons. The van der Waals surface area contributed by atoms with E-state index in [1.54, 1.807) is 12.1 Å². The van der Waals surface area contributed by atoms with Crippen molar-refractivity contribution in [1.29, 1.82) is 0 Å². The zero-order chi connectivity index (χ0) is 13.3. The van der Waals surface area contributed by atoms with Gasteiger partial charge in [-0.15, -0.1) is 0 Å². The first-order chi connectivity index (χ1) is 7.62. The van der Waals surface area contributed by atoms with Gasteiger partial charge < -0.3 is 14.5 Å².